The fourth-order valence-corrected chi connectivity index (χ4v) is 1.37. The van der Waals surface area contributed by atoms with Crippen LogP contribution in [0.15, 0.2) is 18.2 Å². The second-order valence-corrected chi connectivity index (χ2v) is 4.01. The lowest BCUT2D eigenvalue weighted by atomic mass is 10.2. The maximum absolute atomic E-state index is 11.8. The van der Waals surface area contributed by atoms with Crippen molar-refractivity contribution in [1.82, 2.24) is 4.90 Å². The number of hydrogen-bond donors (Lipinski definition) is 0. The number of carbonyl (C=O) groups excluding carboxylic acids is 1. The second-order valence-electron chi connectivity index (χ2n) is 4.01. The molecule has 0 aliphatic rings. The van der Waals surface area contributed by atoms with Crippen molar-refractivity contribution < 1.29 is 19.0 Å². The van der Waals surface area contributed by atoms with E-state index in [4.69, 9.17) is 14.2 Å². The summed E-state index contributed by atoms with van der Waals surface area (Å²) in [4.78, 5) is 13.7. The van der Waals surface area contributed by atoms with Gasteiger partial charge < -0.3 is 19.1 Å². The average Bonchev–Trinajstić information content (AvgIpc) is 2.37. The van der Waals surface area contributed by atoms with Gasteiger partial charge in [-0.2, -0.15) is 0 Å². The standard InChI is InChI=1S/C13H19NO4/c1-14(2)7-8-18-13(15)10-5-6-11(16-3)12(9-10)17-4/h5-6,9H,7-8H2,1-4H3. The highest BCUT2D eigenvalue weighted by Gasteiger charge is 2.11. The first-order valence-corrected chi connectivity index (χ1v) is 5.62. The summed E-state index contributed by atoms with van der Waals surface area (Å²) < 4.78 is 15.4. The van der Waals surface area contributed by atoms with E-state index in [2.05, 4.69) is 0 Å². The van der Waals surface area contributed by atoms with Crippen LogP contribution in [0.2, 0.25) is 0 Å². The highest BCUT2D eigenvalue weighted by molar-refractivity contribution is 5.90. The lowest BCUT2D eigenvalue weighted by Crippen LogP contribution is -2.20. The zero-order valence-electron chi connectivity index (χ0n) is 11.2. The molecule has 0 aromatic heterocycles. The van der Waals surface area contributed by atoms with Crippen molar-refractivity contribution in [2.24, 2.45) is 0 Å². The molecule has 1 rings (SSSR count). The molecule has 0 amide bonds. The number of hydrogen-bond acceptors (Lipinski definition) is 5. The molecule has 0 unspecified atom stereocenters. The Labute approximate surface area is 107 Å². The van der Waals surface area contributed by atoms with Crippen molar-refractivity contribution >= 4 is 5.97 Å². The van der Waals surface area contributed by atoms with Crippen molar-refractivity contribution in [2.75, 3.05) is 41.5 Å². The van der Waals surface area contributed by atoms with Gasteiger partial charge in [0.25, 0.3) is 0 Å². The molecule has 0 atom stereocenters. The number of benzene rings is 1. The molecule has 0 bridgehead atoms. The van der Waals surface area contributed by atoms with Crippen LogP contribution in [0, 0.1) is 0 Å². The maximum Gasteiger partial charge on any atom is 0.338 e. The van der Waals surface area contributed by atoms with Crippen molar-refractivity contribution in [3.8, 4) is 11.5 Å². The van der Waals surface area contributed by atoms with E-state index in [0.717, 1.165) is 0 Å². The van der Waals surface area contributed by atoms with Crippen LogP contribution in [0.1, 0.15) is 10.4 Å². The van der Waals surface area contributed by atoms with E-state index in [9.17, 15) is 4.79 Å². The second kappa shape index (κ2) is 6.86. The Balaban J connectivity index is 2.68. The van der Waals surface area contributed by atoms with Gasteiger partial charge in [0.15, 0.2) is 11.5 Å². The predicted molar refractivity (Wildman–Crippen MR) is 68.4 cm³/mol. The van der Waals surface area contributed by atoms with Gasteiger partial charge in [0, 0.05) is 6.54 Å². The molecular weight excluding hydrogens is 234 g/mol. The van der Waals surface area contributed by atoms with Gasteiger partial charge in [-0.3, -0.25) is 0 Å². The lowest BCUT2D eigenvalue weighted by molar-refractivity contribution is 0.0481. The van der Waals surface area contributed by atoms with Crippen LogP contribution in [-0.4, -0.2) is 52.3 Å². The molecule has 0 aliphatic heterocycles. The zero-order chi connectivity index (χ0) is 13.5. The molecule has 0 saturated carbocycles. The number of esters is 1. The number of likely N-dealkylation sites (N-methyl/N-ethyl adjacent to an activating group) is 1. The summed E-state index contributed by atoms with van der Waals surface area (Å²) in [5.41, 5.74) is 0.450. The Morgan fingerprint density at radius 2 is 1.83 bits per heavy atom. The molecular formula is C13H19NO4. The summed E-state index contributed by atoms with van der Waals surface area (Å²) in [7, 11) is 6.92. The molecule has 0 heterocycles. The molecule has 0 saturated heterocycles. The minimum atomic E-state index is -0.363. The van der Waals surface area contributed by atoms with E-state index in [1.807, 2.05) is 19.0 Å². The summed E-state index contributed by atoms with van der Waals surface area (Å²) in [6.07, 6.45) is 0. The fourth-order valence-electron chi connectivity index (χ4n) is 1.37. The van der Waals surface area contributed by atoms with Crippen LogP contribution in [-0.2, 0) is 4.74 Å². The van der Waals surface area contributed by atoms with Gasteiger partial charge in [-0.25, -0.2) is 4.79 Å². The van der Waals surface area contributed by atoms with Gasteiger partial charge in [0.1, 0.15) is 6.61 Å². The van der Waals surface area contributed by atoms with Gasteiger partial charge in [-0.1, -0.05) is 0 Å². The Bertz CT molecular complexity index is 404. The molecule has 100 valence electrons. The third kappa shape index (κ3) is 3.92. The topological polar surface area (TPSA) is 48.0 Å². The number of carbonyl (C=O) groups is 1. The maximum atomic E-state index is 11.8. The number of methoxy groups -OCH3 is 2. The molecule has 5 nitrogen and oxygen atoms in total. The first-order chi connectivity index (χ1) is 8.58. The number of nitrogens with zero attached hydrogens (tertiary/aromatic N) is 1. The van der Waals surface area contributed by atoms with Gasteiger partial charge in [-0.15, -0.1) is 0 Å². The third-order valence-electron chi connectivity index (χ3n) is 2.39. The van der Waals surface area contributed by atoms with Crippen LogP contribution in [0.25, 0.3) is 0 Å². The van der Waals surface area contributed by atoms with Crippen LogP contribution in [0.3, 0.4) is 0 Å². The normalized spacial score (nSPS) is 10.3. The summed E-state index contributed by atoms with van der Waals surface area (Å²) in [5, 5.41) is 0. The highest BCUT2D eigenvalue weighted by Crippen LogP contribution is 2.27. The van der Waals surface area contributed by atoms with Gasteiger partial charge in [0.05, 0.1) is 19.8 Å². The smallest absolute Gasteiger partial charge is 0.338 e. The molecule has 1 aromatic carbocycles. The summed E-state index contributed by atoms with van der Waals surface area (Å²) in [6.45, 7) is 1.05. The van der Waals surface area contributed by atoms with Gasteiger partial charge >= 0.3 is 5.97 Å². The molecule has 5 heteroatoms. The molecule has 0 fully saturated rings. The SMILES string of the molecule is COc1ccc(C(=O)OCCN(C)C)cc1OC. The largest absolute Gasteiger partial charge is 0.493 e. The van der Waals surface area contributed by atoms with E-state index < -0.39 is 0 Å². The number of rotatable bonds is 6. The van der Waals surface area contributed by atoms with Gasteiger partial charge in [-0.05, 0) is 32.3 Å². The Kier molecular flexibility index (Phi) is 5.45. The number of ether oxygens (including phenoxy) is 3. The first-order valence-electron chi connectivity index (χ1n) is 5.62. The molecule has 0 spiro atoms. The Hall–Kier alpha value is -1.75. The summed E-state index contributed by atoms with van der Waals surface area (Å²) >= 11 is 0. The molecule has 18 heavy (non-hydrogen) atoms. The van der Waals surface area contributed by atoms with Crippen molar-refractivity contribution in [3.63, 3.8) is 0 Å². The lowest BCUT2D eigenvalue weighted by Gasteiger charge is -2.11. The van der Waals surface area contributed by atoms with E-state index in [1.54, 1.807) is 25.3 Å². The highest BCUT2D eigenvalue weighted by atomic mass is 16.5. The fraction of sp³-hybridized carbons (Fsp3) is 0.462. The van der Waals surface area contributed by atoms with Crippen LogP contribution in [0.5, 0.6) is 11.5 Å². The molecule has 0 aliphatic carbocycles. The zero-order valence-corrected chi connectivity index (χ0v) is 11.2. The average molecular weight is 253 g/mol. The Morgan fingerprint density at radius 1 is 1.17 bits per heavy atom. The molecule has 1 aromatic rings. The quantitative estimate of drug-likeness (QED) is 0.718. The minimum absolute atomic E-state index is 0.361. The van der Waals surface area contributed by atoms with Crippen molar-refractivity contribution in [2.45, 2.75) is 0 Å². The van der Waals surface area contributed by atoms with Gasteiger partial charge in [0.2, 0.25) is 0 Å². The minimum Gasteiger partial charge on any atom is -0.493 e. The van der Waals surface area contributed by atoms with Crippen molar-refractivity contribution in [3.05, 3.63) is 23.8 Å². The van der Waals surface area contributed by atoms with Crippen LogP contribution < -0.4 is 9.47 Å². The van der Waals surface area contributed by atoms with Crippen LogP contribution in [0.4, 0.5) is 0 Å². The first kappa shape index (κ1) is 14.3. The van der Waals surface area contributed by atoms with Crippen LogP contribution >= 0.6 is 0 Å². The third-order valence-corrected chi connectivity index (χ3v) is 2.39. The van der Waals surface area contributed by atoms with E-state index in [-0.39, 0.29) is 5.97 Å². The molecule has 0 radical (unpaired) electrons. The van der Waals surface area contributed by atoms with E-state index in [0.29, 0.717) is 30.2 Å². The predicted octanol–water partition coefficient (Wildman–Crippen LogP) is 1.42. The Morgan fingerprint density at radius 3 is 2.39 bits per heavy atom. The van der Waals surface area contributed by atoms with E-state index in [1.165, 1.54) is 7.11 Å². The summed E-state index contributed by atoms with van der Waals surface area (Å²) in [5.74, 6) is 0.736. The monoisotopic (exact) mass is 253 g/mol. The van der Waals surface area contributed by atoms with Crippen molar-refractivity contribution in [1.29, 1.82) is 0 Å². The van der Waals surface area contributed by atoms with E-state index >= 15 is 0 Å². The molecule has 0 N–H and O–H groups in total. The summed E-state index contributed by atoms with van der Waals surface area (Å²) in [6, 6.07) is 4.94.